The molecule has 0 bridgehead atoms. The monoisotopic (exact) mass is 159 g/mol. The van der Waals surface area contributed by atoms with E-state index in [0.717, 1.165) is 0 Å². The van der Waals surface area contributed by atoms with Gasteiger partial charge in [0.15, 0.2) is 0 Å². The Morgan fingerprint density at radius 2 is 1.83 bits per heavy atom. The summed E-state index contributed by atoms with van der Waals surface area (Å²) in [6.45, 7) is 6.33. The van der Waals surface area contributed by atoms with Gasteiger partial charge in [0.05, 0.1) is 0 Å². The number of hydrogen-bond acceptors (Lipinski definition) is 0. The second-order valence-electron chi connectivity index (χ2n) is 3.09. The van der Waals surface area contributed by atoms with Crippen LogP contribution in [0.5, 0.6) is 0 Å². The van der Waals surface area contributed by atoms with Gasteiger partial charge in [0.1, 0.15) is 0 Å². The molecule has 0 aromatic heterocycles. The van der Waals surface area contributed by atoms with Crippen molar-refractivity contribution < 1.29 is 0 Å². The minimum atomic E-state index is 1.31. The molecule has 1 radical (unpaired) electrons. The van der Waals surface area contributed by atoms with E-state index >= 15 is 0 Å². The molecule has 1 rings (SSSR count). The predicted molar refractivity (Wildman–Crippen MR) is 54.8 cm³/mol. The van der Waals surface area contributed by atoms with Gasteiger partial charge in [-0.25, -0.2) is 0 Å². The summed E-state index contributed by atoms with van der Waals surface area (Å²) >= 11 is 0. The van der Waals surface area contributed by atoms with E-state index < -0.39 is 0 Å². The zero-order valence-electron chi connectivity index (χ0n) is 7.96. The molecule has 0 nitrogen and oxygen atoms in total. The first-order valence-electron chi connectivity index (χ1n) is 4.28. The Labute approximate surface area is 74.9 Å². The molecule has 0 saturated carbocycles. The van der Waals surface area contributed by atoms with Gasteiger partial charge in [-0.3, -0.25) is 0 Å². The van der Waals surface area contributed by atoms with Crippen molar-refractivity contribution in [1.82, 2.24) is 0 Å². The molecule has 0 amide bonds. The van der Waals surface area contributed by atoms with E-state index in [1.165, 1.54) is 17.0 Å². The van der Waals surface area contributed by atoms with Gasteiger partial charge in [0, 0.05) is 0 Å². The van der Waals surface area contributed by atoms with Gasteiger partial charge in [-0.2, -0.15) is 0 Å². The van der Waals surface area contributed by atoms with Crippen molar-refractivity contribution in [3.63, 3.8) is 0 Å². The van der Waals surface area contributed by atoms with Crippen molar-refractivity contribution in [2.24, 2.45) is 0 Å². The van der Waals surface area contributed by atoms with Crippen LogP contribution in [0.4, 0.5) is 0 Å². The van der Waals surface area contributed by atoms with Crippen LogP contribution in [0.15, 0.2) is 30.3 Å². The van der Waals surface area contributed by atoms with E-state index in [-0.39, 0.29) is 0 Å². The Bertz CT molecular complexity index is 269. The molecule has 1 aromatic rings. The maximum absolute atomic E-state index is 2.16. The first kappa shape index (κ1) is 9.05. The summed E-state index contributed by atoms with van der Waals surface area (Å²) in [6.07, 6.45) is 4.21. The highest BCUT2D eigenvalue weighted by Gasteiger charge is 2.01. The molecule has 0 aliphatic rings. The van der Waals surface area contributed by atoms with E-state index in [4.69, 9.17) is 0 Å². The fraction of sp³-hybridized carbons (Fsp3) is 0.250. The zero-order chi connectivity index (χ0) is 8.97. The molecule has 63 valence electrons. The molecule has 0 saturated heterocycles. The van der Waals surface area contributed by atoms with Gasteiger partial charge in [-0.05, 0) is 24.0 Å². The Balaban J connectivity index is 3.08. The second kappa shape index (κ2) is 4.10. The van der Waals surface area contributed by atoms with Crippen molar-refractivity contribution in [2.75, 3.05) is 0 Å². The predicted octanol–water partition coefficient (Wildman–Crippen LogP) is 3.68. The third-order valence-electron chi connectivity index (χ3n) is 1.85. The summed E-state index contributed by atoms with van der Waals surface area (Å²) in [5.74, 6) is 1.36. The van der Waals surface area contributed by atoms with Crippen LogP contribution in [0.3, 0.4) is 0 Å². The summed E-state index contributed by atoms with van der Waals surface area (Å²) in [4.78, 5) is 0. The Hall–Kier alpha value is -1.04. The molecule has 0 N–H and O–H groups in total. The molecule has 0 heterocycles. The molecule has 0 spiro atoms. The molecule has 12 heavy (non-hydrogen) atoms. The van der Waals surface area contributed by atoms with Gasteiger partial charge in [0.25, 0.3) is 0 Å². The third kappa shape index (κ3) is 1.97. The van der Waals surface area contributed by atoms with Crippen LogP contribution in [0, 0.1) is 5.92 Å². The van der Waals surface area contributed by atoms with Crippen LogP contribution < -0.4 is 0 Å². The third-order valence-corrected chi connectivity index (χ3v) is 1.85. The van der Waals surface area contributed by atoms with Crippen LogP contribution >= 0.6 is 0 Å². The highest BCUT2D eigenvalue weighted by Crippen LogP contribution is 2.19. The minimum Gasteiger partial charge on any atom is -0.0871 e. The van der Waals surface area contributed by atoms with Crippen molar-refractivity contribution in [3.8, 4) is 0 Å². The maximum atomic E-state index is 2.16. The number of hydrogen-bond donors (Lipinski definition) is 0. The Kier molecular flexibility index (Phi) is 3.09. The summed E-state index contributed by atoms with van der Waals surface area (Å²) < 4.78 is 0. The molecule has 0 atom stereocenters. The highest BCUT2D eigenvalue weighted by molar-refractivity contribution is 5.56. The standard InChI is InChI=1S/C12H15/c1-4-7-11-8-5-6-9-12(11)10(2)3/h4-9H,1-3H3/b7-4-. The lowest BCUT2D eigenvalue weighted by molar-refractivity contribution is 1.14. The lowest BCUT2D eigenvalue weighted by Crippen LogP contribution is -1.91. The topological polar surface area (TPSA) is 0 Å². The molecule has 0 aliphatic heterocycles. The molecular formula is C12H15. The lowest BCUT2D eigenvalue weighted by atomic mass is 9.97. The van der Waals surface area contributed by atoms with Gasteiger partial charge in [-0.15, -0.1) is 0 Å². The summed E-state index contributed by atoms with van der Waals surface area (Å²) in [6, 6.07) is 8.45. The summed E-state index contributed by atoms with van der Waals surface area (Å²) in [5, 5.41) is 0. The quantitative estimate of drug-likeness (QED) is 0.617. The van der Waals surface area contributed by atoms with E-state index in [2.05, 4.69) is 50.3 Å². The minimum absolute atomic E-state index is 1.31. The van der Waals surface area contributed by atoms with E-state index in [0.29, 0.717) is 0 Å². The van der Waals surface area contributed by atoms with Gasteiger partial charge >= 0.3 is 0 Å². The van der Waals surface area contributed by atoms with Gasteiger partial charge in [0.2, 0.25) is 0 Å². The SMILES string of the molecule is C/C=C\c1ccccc1[C](C)C. The van der Waals surface area contributed by atoms with E-state index in [1.54, 1.807) is 0 Å². The fourth-order valence-corrected chi connectivity index (χ4v) is 1.28. The van der Waals surface area contributed by atoms with Crippen molar-refractivity contribution >= 4 is 6.08 Å². The number of benzene rings is 1. The van der Waals surface area contributed by atoms with Crippen LogP contribution in [0.1, 0.15) is 31.9 Å². The van der Waals surface area contributed by atoms with Crippen LogP contribution in [0.2, 0.25) is 0 Å². The second-order valence-corrected chi connectivity index (χ2v) is 3.09. The Morgan fingerprint density at radius 1 is 1.17 bits per heavy atom. The smallest absolute Gasteiger partial charge is 0.000591 e. The lowest BCUT2D eigenvalue weighted by Gasteiger charge is -2.07. The highest BCUT2D eigenvalue weighted by atomic mass is 14.1. The number of rotatable bonds is 2. The average molecular weight is 159 g/mol. The van der Waals surface area contributed by atoms with Crippen LogP contribution in [0.25, 0.3) is 6.08 Å². The van der Waals surface area contributed by atoms with E-state index in [1.807, 2.05) is 6.92 Å². The first-order chi connectivity index (χ1) is 5.75. The largest absolute Gasteiger partial charge is 0.0871 e. The molecule has 1 aromatic carbocycles. The molecule has 0 heteroatoms. The molecule has 0 fully saturated rings. The van der Waals surface area contributed by atoms with Crippen molar-refractivity contribution in [2.45, 2.75) is 20.8 Å². The van der Waals surface area contributed by atoms with E-state index in [9.17, 15) is 0 Å². The summed E-state index contributed by atoms with van der Waals surface area (Å²) in [7, 11) is 0. The zero-order valence-corrected chi connectivity index (χ0v) is 7.96. The van der Waals surface area contributed by atoms with Crippen LogP contribution in [-0.4, -0.2) is 0 Å². The fourth-order valence-electron chi connectivity index (χ4n) is 1.28. The molecule has 0 aliphatic carbocycles. The van der Waals surface area contributed by atoms with Gasteiger partial charge < -0.3 is 0 Å². The normalized spacial score (nSPS) is 11.3. The van der Waals surface area contributed by atoms with Crippen molar-refractivity contribution in [3.05, 3.63) is 47.4 Å². The number of allylic oxidation sites excluding steroid dienone is 1. The summed E-state index contributed by atoms with van der Waals surface area (Å²) in [5.41, 5.74) is 2.65. The van der Waals surface area contributed by atoms with Crippen molar-refractivity contribution in [1.29, 1.82) is 0 Å². The average Bonchev–Trinajstić information content (AvgIpc) is 2.05. The molecular weight excluding hydrogens is 144 g/mol. The molecule has 0 unspecified atom stereocenters. The maximum Gasteiger partial charge on any atom is -0.000591 e. The Morgan fingerprint density at radius 3 is 2.42 bits per heavy atom. The van der Waals surface area contributed by atoms with Gasteiger partial charge in [-0.1, -0.05) is 50.3 Å². The first-order valence-corrected chi connectivity index (χ1v) is 4.28. The van der Waals surface area contributed by atoms with Crippen LogP contribution in [-0.2, 0) is 0 Å².